The fraction of sp³-hybridized carbons (Fsp3) is 0.429. The van der Waals surface area contributed by atoms with Gasteiger partial charge in [0.25, 0.3) is 18.2 Å². The summed E-state index contributed by atoms with van der Waals surface area (Å²) in [4.78, 5) is 21.3. The van der Waals surface area contributed by atoms with Gasteiger partial charge in [-0.3, -0.25) is 9.00 Å². The lowest BCUT2D eigenvalue weighted by Crippen LogP contribution is -2.50. The molecule has 1 aliphatic heterocycles. The molecule has 1 aliphatic rings. The van der Waals surface area contributed by atoms with Crippen LogP contribution in [0.25, 0.3) is 5.65 Å². The normalized spacial score (nSPS) is 20.3. The summed E-state index contributed by atoms with van der Waals surface area (Å²) in [5.74, 6) is 0.826. The van der Waals surface area contributed by atoms with Crippen molar-refractivity contribution in [2.24, 2.45) is 0 Å². The Labute approximate surface area is 209 Å². The molecule has 14 heteroatoms. The first-order valence-electron chi connectivity index (χ1n) is 10.6. The molecule has 1 N–H and O–H groups in total. The molecule has 0 saturated carbocycles. The van der Waals surface area contributed by atoms with Gasteiger partial charge in [-0.2, -0.15) is 0 Å². The first-order valence-corrected chi connectivity index (χ1v) is 13.1. The molecule has 1 saturated heterocycles. The zero-order valence-corrected chi connectivity index (χ0v) is 21.6. The van der Waals surface area contributed by atoms with E-state index in [0.29, 0.717) is 46.7 Å². The SMILES string of the molecule is Cc1c(Oc2ncc(Cl)cc2OCC(F)F)cc(P)c2nc(C(=O)NC3(C)CCS(=O)CC3)nn12. The largest absolute Gasteiger partial charge is 0.482 e. The number of alkyl halides is 2. The molecule has 1 amide bonds. The number of nitrogens with zero attached hydrogens (tertiary/aromatic N) is 4. The van der Waals surface area contributed by atoms with Crippen LogP contribution in [0.1, 0.15) is 36.1 Å². The molecule has 9 nitrogen and oxygen atoms in total. The smallest absolute Gasteiger partial charge is 0.291 e. The predicted molar refractivity (Wildman–Crippen MR) is 131 cm³/mol. The van der Waals surface area contributed by atoms with Crippen LogP contribution < -0.4 is 20.1 Å². The molecule has 1 atom stereocenters. The van der Waals surface area contributed by atoms with Crippen molar-refractivity contribution in [1.29, 1.82) is 0 Å². The van der Waals surface area contributed by atoms with Crippen LogP contribution in [0, 0.1) is 6.92 Å². The van der Waals surface area contributed by atoms with Crippen molar-refractivity contribution in [3.8, 4) is 17.4 Å². The van der Waals surface area contributed by atoms with Crippen molar-refractivity contribution in [2.45, 2.75) is 38.7 Å². The van der Waals surface area contributed by atoms with Crippen LogP contribution in [0.15, 0.2) is 18.3 Å². The van der Waals surface area contributed by atoms with Crippen molar-refractivity contribution in [1.82, 2.24) is 24.9 Å². The maximum atomic E-state index is 12.9. The lowest BCUT2D eigenvalue weighted by atomic mass is 9.95. The summed E-state index contributed by atoms with van der Waals surface area (Å²) in [6.45, 7) is 2.78. The summed E-state index contributed by atoms with van der Waals surface area (Å²) in [7, 11) is 1.65. The van der Waals surface area contributed by atoms with Gasteiger partial charge in [0.05, 0.1) is 10.7 Å². The quantitative estimate of drug-likeness (QED) is 0.455. The maximum absolute atomic E-state index is 12.9. The molecular weight excluding hydrogens is 523 g/mol. The Bertz CT molecular complexity index is 1300. The lowest BCUT2D eigenvalue weighted by Gasteiger charge is -2.33. The van der Waals surface area contributed by atoms with Crippen molar-refractivity contribution in [2.75, 3.05) is 18.1 Å². The molecule has 3 aromatic heterocycles. The van der Waals surface area contributed by atoms with Crippen LogP contribution >= 0.6 is 20.8 Å². The summed E-state index contributed by atoms with van der Waals surface area (Å²) in [6, 6.07) is 2.98. The van der Waals surface area contributed by atoms with Gasteiger partial charge in [0.15, 0.2) is 17.1 Å². The van der Waals surface area contributed by atoms with Crippen molar-refractivity contribution >= 4 is 48.5 Å². The minimum absolute atomic E-state index is 0.0209. The predicted octanol–water partition coefficient (Wildman–Crippen LogP) is 3.05. The molecule has 4 rings (SSSR count). The number of aryl methyl sites for hydroxylation is 1. The van der Waals surface area contributed by atoms with Crippen LogP contribution in [0.5, 0.6) is 17.4 Å². The number of nitrogens with one attached hydrogen (secondary N) is 1. The second-order valence-corrected chi connectivity index (χ2v) is 11.1. The summed E-state index contributed by atoms with van der Waals surface area (Å²) >= 11 is 5.92. The maximum Gasteiger partial charge on any atom is 0.291 e. The number of halogens is 3. The average molecular weight is 546 g/mol. The Morgan fingerprint density at radius 1 is 1.34 bits per heavy atom. The number of hydrogen-bond donors (Lipinski definition) is 1. The van der Waals surface area contributed by atoms with Gasteiger partial charge in [-0.05, 0) is 32.8 Å². The molecule has 0 aromatic carbocycles. The minimum Gasteiger partial charge on any atom is -0.482 e. The van der Waals surface area contributed by atoms with Gasteiger partial charge in [0.1, 0.15) is 6.61 Å². The van der Waals surface area contributed by atoms with E-state index in [0.717, 1.165) is 0 Å². The topological polar surface area (TPSA) is 108 Å². The van der Waals surface area contributed by atoms with Crippen LogP contribution in [-0.4, -0.2) is 59.8 Å². The molecule has 0 bridgehead atoms. The summed E-state index contributed by atoms with van der Waals surface area (Å²) < 4.78 is 49.4. The van der Waals surface area contributed by atoms with E-state index in [4.69, 9.17) is 21.1 Å². The first kappa shape index (κ1) is 25.7. The highest BCUT2D eigenvalue weighted by molar-refractivity contribution is 7.85. The second kappa shape index (κ2) is 10.3. The fourth-order valence-corrected chi connectivity index (χ4v) is 5.60. The molecule has 0 spiro atoms. The molecule has 4 heterocycles. The highest BCUT2D eigenvalue weighted by Crippen LogP contribution is 2.33. The number of ether oxygens (including phenoxy) is 2. The van der Waals surface area contributed by atoms with Gasteiger partial charge >= 0.3 is 0 Å². The van der Waals surface area contributed by atoms with Crippen LogP contribution in [0.4, 0.5) is 8.78 Å². The van der Waals surface area contributed by atoms with Crippen molar-refractivity contribution in [3.05, 3.63) is 34.9 Å². The van der Waals surface area contributed by atoms with Crippen LogP contribution in [0.2, 0.25) is 5.02 Å². The Kier molecular flexibility index (Phi) is 7.54. The lowest BCUT2D eigenvalue weighted by molar-refractivity contribution is 0.0804. The molecule has 0 aliphatic carbocycles. The number of carbonyl (C=O) groups is 1. The highest BCUT2D eigenvalue weighted by atomic mass is 35.5. The standard InChI is InChI=1S/C21H23ClF2N5O4PS/c1-11-13(33-20-14(32-10-16(23)24)7-12(22)9-25-20)8-15(34)18-26-17(28-29(11)18)19(30)27-21(2)3-5-35(31)6-4-21/h7-9,16H,3-6,10,34H2,1-2H3,(H,27,30). The second-order valence-electron chi connectivity index (χ2n) is 8.34. The van der Waals surface area contributed by atoms with Crippen LogP contribution in [-0.2, 0) is 10.8 Å². The van der Waals surface area contributed by atoms with E-state index in [2.05, 4.69) is 29.6 Å². The third kappa shape index (κ3) is 5.87. The van der Waals surface area contributed by atoms with E-state index >= 15 is 0 Å². The number of amides is 1. The van der Waals surface area contributed by atoms with Gasteiger partial charge < -0.3 is 14.8 Å². The molecule has 0 radical (unpaired) electrons. The highest BCUT2D eigenvalue weighted by Gasteiger charge is 2.32. The fourth-order valence-electron chi connectivity index (χ4n) is 3.55. The number of fused-ring (bicyclic) bond motifs is 1. The number of aromatic nitrogens is 4. The average Bonchev–Trinajstić information content (AvgIpc) is 3.26. The summed E-state index contributed by atoms with van der Waals surface area (Å²) in [6.07, 6.45) is -0.166. The monoisotopic (exact) mass is 545 g/mol. The van der Waals surface area contributed by atoms with E-state index < -0.39 is 35.3 Å². The van der Waals surface area contributed by atoms with Crippen LogP contribution in [0.3, 0.4) is 0 Å². The number of hydrogen-bond acceptors (Lipinski definition) is 7. The third-order valence-electron chi connectivity index (χ3n) is 5.56. The Morgan fingerprint density at radius 2 is 2.06 bits per heavy atom. The number of rotatable bonds is 7. The van der Waals surface area contributed by atoms with E-state index in [1.807, 2.05) is 6.92 Å². The number of pyridine rings is 2. The summed E-state index contributed by atoms with van der Waals surface area (Å²) in [5, 5.41) is 8.11. The third-order valence-corrected chi connectivity index (χ3v) is 7.51. The van der Waals surface area contributed by atoms with Gasteiger partial charge in [-0.15, -0.1) is 14.3 Å². The van der Waals surface area contributed by atoms with E-state index in [9.17, 15) is 17.8 Å². The molecule has 35 heavy (non-hydrogen) atoms. The Balaban J connectivity index is 1.61. The van der Waals surface area contributed by atoms with Crippen molar-refractivity contribution in [3.63, 3.8) is 0 Å². The Hall–Kier alpha value is -2.43. The summed E-state index contributed by atoms with van der Waals surface area (Å²) in [5.41, 5.74) is 0.441. The van der Waals surface area contributed by atoms with E-state index in [1.165, 1.54) is 16.8 Å². The van der Waals surface area contributed by atoms with E-state index in [-0.39, 0.29) is 22.5 Å². The van der Waals surface area contributed by atoms with Gasteiger partial charge in [0, 0.05) is 45.4 Å². The van der Waals surface area contributed by atoms with Gasteiger partial charge in [0.2, 0.25) is 5.82 Å². The number of carbonyl (C=O) groups excluding carboxylic acids is 1. The molecule has 3 aromatic rings. The van der Waals surface area contributed by atoms with Crippen molar-refractivity contribution < 1.29 is 27.3 Å². The van der Waals surface area contributed by atoms with Gasteiger partial charge in [-0.1, -0.05) is 11.6 Å². The molecular formula is C21H23ClF2N5O4PS. The van der Waals surface area contributed by atoms with Gasteiger partial charge in [-0.25, -0.2) is 23.3 Å². The molecule has 1 fully saturated rings. The minimum atomic E-state index is -2.68. The zero-order valence-electron chi connectivity index (χ0n) is 18.9. The molecule has 188 valence electrons. The molecule has 1 unspecified atom stereocenters. The Morgan fingerprint density at radius 3 is 2.74 bits per heavy atom. The first-order chi connectivity index (χ1) is 16.5. The van der Waals surface area contributed by atoms with E-state index in [1.54, 1.807) is 13.0 Å². The zero-order chi connectivity index (χ0) is 25.3.